The Morgan fingerprint density at radius 2 is 2.15 bits per heavy atom. The van der Waals surface area contributed by atoms with Crippen LogP contribution in [0, 0.1) is 5.92 Å². The molecule has 0 saturated carbocycles. The van der Waals surface area contributed by atoms with Gasteiger partial charge in [-0.15, -0.1) is 0 Å². The zero-order valence-corrected chi connectivity index (χ0v) is 8.88. The first-order valence-electron chi connectivity index (χ1n) is 5.58. The molecular weight excluding hydrogens is 162 g/mol. The lowest BCUT2D eigenvalue weighted by atomic mass is 9.93. The van der Waals surface area contributed by atoms with Gasteiger partial charge in [-0.25, -0.2) is 0 Å². The van der Waals surface area contributed by atoms with Crippen molar-refractivity contribution in [2.24, 2.45) is 5.92 Å². The van der Waals surface area contributed by atoms with Crippen LogP contribution in [0.1, 0.15) is 46.0 Å². The van der Waals surface area contributed by atoms with Gasteiger partial charge < -0.3 is 4.90 Å². The molecule has 1 unspecified atom stereocenters. The molecule has 0 radical (unpaired) electrons. The van der Waals surface area contributed by atoms with E-state index in [1.165, 1.54) is 6.42 Å². The van der Waals surface area contributed by atoms with E-state index in [4.69, 9.17) is 0 Å². The van der Waals surface area contributed by atoms with Gasteiger partial charge >= 0.3 is 0 Å². The summed E-state index contributed by atoms with van der Waals surface area (Å²) in [5.74, 6) is 0.750. The maximum atomic E-state index is 11.8. The van der Waals surface area contributed by atoms with E-state index in [2.05, 4.69) is 13.8 Å². The third kappa shape index (κ3) is 2.71. The molecule has 1 rings (SSSR count). The van der Waals surface area contributed by atoms with Crippen LogP contribution in [0.4, 0.5) is 0 Å². The Balaban J connectivity index is 2.45. The molecular formula is C11H21NO. The summed E-state index contributed by atoms with van der Waals surface area (Å²) < 4.78 is 0. The largest absolute Gasteiger partial charge is 0.342 e. The summed E-state index contributed by atoms with van der Waals surface area (Å²) >= 11 is 0. The van der Waals surface area contributed by atoms with Crippen LogP contribution in [0.3, 0.4) is 0 Å². The minimum atomic E-state index is 0.338. The minimum absolute atomic E-state index is 0.338. The molecule has 1 fully saturated rings. The van der Waals surface area contributed by atoms with Gasteiger partial charge in [0.15, 0.2) is 0 Å². The normalized spacial score (nSPS) is 23.7. The fraction of sp³-hybridized carbons (Fsp3) is 0.909. The lowest BCUT2D eigenvalue weighted by Crippen LogP contribution is -2.41. The van der Waals surface area contributed by atoms with Gasteiger partial charge in [-0.2, -0.15) is 0 Å². The van der Waals surface area contributed by atoms with E-state index in [0.29, 0.717) is 11.8 Å². The summed E-state index contributed by atoms with van der Waals surface area (Å²) in [5, 5.41) is 0. The van der Waals surface area contributed by atoms with Crippen molar-refractivity contribution >= 4 is 5.91 Å². The topological polar surface area (TPSA) is 20.3 Å². The molecule has 2 heteroatoms. The molecule has 0 aromatic rings. The lowest BCUT2D eigenvalue weighted by Gasteiger charge is -2.32. The minimum Gasteiger partial charge on any atom is -0.342 e. The second-order valence-electron chi connectivity index (χ2n) is 3.95. The van der Waals surface area contributed by atoms with E-state index in [1.807, 2.05) is 4.90 Å². The van der Waals surface area contributed by atoms with Crippen LogP contribution in [0.15, 0.2) is 0 Å². The Kier molecular flexibility index (Phi) is 4.26. The summed E-state index contributed by atoms with van der Waals surface area (Å²) in [6.07, 6.45) is 5.63. The molecule has 0 aromatic heterocycles. The molecule has 0 bridgehead atoms. The maximum absolute atomic E-state index is 11.8. The van der Waals surface area contributed by atoms with Gasteiger partial charge in [-0.3, -0.25) is 4.79 Å². The molecule has 1 heterocycles. The van der Waals surface area contributed by atoms with E-state index in [0.717, 1.165) is 38.8 Å². The van der Waals surface area contributed by atoms with E-state index >= 15 is 0 Å². The monoisotopic (exact) mass is 183 g/mol. The van der Waals surface area contributed by atoms with Crippen molar-refractivity contribution in [3.05, 3.63) is 0 Å². The molecule has 1 amide bonds. The Morgan fingerprint density at radius 3 is 2.77 bits per heavy atom. The smallest absolute Gasteiger partial charge is 0.225 e. The highest BCUT2D eigenvalue weighted by Crippen LogP contribution is 2.22. The summed E-state index contributed by atoms with van der Waals surface area (Å²) in [7, 11) is 0. The Morgan fingerprint density at radius 1 is 1.38 bits per heavy atom. The Hall–Kier alpha value is -0.530. The molecule has 1 aliphatic heterocycles. The van der Waals surface area contributed by atoms with Crippen molar-refractivity contribution in [3.8, 4) is 0 Å². The van der Waals surface area contributed by atoms with E-state index in [1.54, 1.807) is 0 Å². The number of nitrogens with zero attached hydrogens (tertiary/aromatic N) is 1. The Bertz CT molecular complexity index is 147. The number of hydrogen-bond acceptors (Lipinski definition) is 1. The average molecular weight is 183 g/mol. The van der Waals surface area contributed by atoms with Crippen molar-refractivity contribution in [2.75, 3.05) is 13.1 Å². The van der Waals surface area contributed by atoms with Crippen molar-refractivity contribution in [2.45, 2.75) is 46.0 Å². The molecule has 1 saturated heterocycles. The summed E-state index contributed by atoms with van der Waals surface area (Å²) in [5.41, 5.74) is 0. The molecule has 1 atom stereocenters. The third-order valence-corrected chi connectivity index (χ3v) is 2.77. The fourth-order valence-corrected chi connectivity index (χ4v) is 2.13. The van der Waals surface area contributed by atoms with E-state index < -0.39 is 0 Å². The second kappa shape index (κ2) is 5.25. The van der Waals surface area contributed by atoms with Crippen LogP contribution < -0.4 is 0 Å². The fourth-order valence-electron chi connectivity index (χ4n) is 2.13. The van der Waals surface area contributed by atoms with Crippen LogP contribution in [0.5, 0.6) is 0 Å². The number of likely N-dealkylation sites (tertiary alicyclic amines) is 1. The van der Waals surface area contributed by atoms with Crippen LogP contribution in [0.2, 0.25) is 0 Å². The maximum Gasteiger partial charge on any atom is 0.225 e. The Labute approximate surface area is 81.3 Å². The second-order valence-corrected chi connectivity index (χ2v) is 3.95. The van der Waals surface area contributed by atoms with Gasteiger partial charge in [0.05, 0.1) is 0 Å². The molecule has 1 aliphatic rings. The third-order valence-electron chi connectivity index (χ3n) is 2.77. The SMILES string of the molecule is CCCC1CCCN(CCC)C1=O. The highest BCUT2D eigenvalue weighted by Gasteiger charge is 2.26. The zero-order valence-electron chi connectivity index (χ0n) is 8.88. The molecule has 2 nitrogen and oxygen atoms in total. The number of carbonyl (C=O) groups is 1. The molecule has 76 valence electrons. The van der Waals surface area contributed by atoms with Crippen molar-refractivity contribution in [1.82, 2.24) is 4.90 Å². The quantitative estimate of drug-likeness (QED) is 0.655. The van der Waals surface area contributed by atoms with E-state index in [9.17, 15) is 4.79 Å². The van der Waals surface area contributed by atoms with Gasteiger partial charge in [0.25, 0.3) is 0 Å². The van der Waals surface area contributed by atoms with Gasteiger partial charge in [-0.05, 0) is 25.7 Å². The van der Waals surface area contributed by atoms with Gasteiger partial charge in [0.2, 0.25) is 5.91 Å². The molecule has 0 spiro atoms. The first kappa shape index (κ1) is 10.6. The number of carbonyl (C=O) groups excluding carboxylic acids is 1. The van der Waals surface area contributed by atoms with Crippen LogP contribution in [-0.4, -0.2) is 23.9 Å². The number of amides is 1. The first-order valence-corrected chi connectivity index (χ1v) is 5.58. The summed E-state index contributed by atoms with van der Waals surface area (Å²) in [4.78, 5) is 13.9. The number of hydrogen-bond donors (Lipinski definition) is 0. The average Bonchev–Trinajstić information content (AvgIpc) is 2.13. The lowest BCUT2D eigenvalue weighted by molar-refractivity contribution is -0.138. The van der Waals surface area contributed by atoms with Crippen LogP contribution in [0.25, 0.3) is 0 Å². The molecule has 0 aromatic carbocycles. The van der Waals surface area contributed by atoms with Crippen molar-refractivity contribution < 1.29 is 4.79 Å². The summed E-state index contributed by atoms with van der Waals surface area (Å²) in [6, 6.07) is 0. The standard InChI is InChI=1S/C11H21NO/c1-3-6-10-7-5-9-12(8-4-2)11(10)13/h10H,3-9H2,1-2H3. The van der Waals surface area contributed by atoms with Gasteiger partial charge in [-0.1, -0.05) is 20.3 Å². The highest BCUT2D eigenvalue weighted by molar-refractivity contribution is 5.79. The zero-order chi connectivity index (χ0) is 9.68. The van der Waals surface area contributed by atoms with Gasteiger partial charge in [0.1, 0.15) is 0 Å². The van der Waals surface area contributed by atoms with Gasteiger partial charge in [0, 0.05) is 19.0 Å². The van der Waals surface area contributed by atoms with Crippen LogP contribution >= 0.6 is 0 Å². The van der Waals surface area contributed by atoms with Crippen molar-refractivity contribution in [1.29, 1.82) is 0 Å². The highest BCUT2D eigenvalue weighted by atomic mass is 16.2. The van der Waals surface area contributed by atoms with Crippen molar-refractivity contribution in [3.63, 3.8) is 0 Å². The number of rotatable bonds is 4. The predicted octanol–water partition coefficient (Wildman–Crippen LogP) is 2.44. The first-order chi connectivity index (χ1) is 6.29. The molecule has 0 N–H and O–H groups in total. The van der Waals surface area contributed by atoms with E-state index in [-0.39, 0.29) is 0 Å². The number of piperidine rings is 1. The molecule has 0 aliphatic carbocycles. The molecule has 13 heavy (non-hydrogen) atoms. The van der Waals surface area contributed by atoms with Crippen LogP contribution in [-0.2, 0) is 4.79 Å². The predicted molar refractivity (Wildman–Crippen MR) is 54.5 cm³/mol. The summed E-state index contributed by atoms with van der Waals surface area (Å²) in [6.45, 7) is 6.24.